The van der Waals surface area contributed by atoms with Gasteiger partial charge in [-0.25, -0.2) is 4.79 Å². The molecule has 0 saturated heterocycles. The van der Waals surface area contributed by atoms with Gasteiger partial charge in [0.25, 0.3) is 0 Å². The first kappa shape index (κ1) is 16.4. The van der Waals surface area contributed by atoms with E-state index in [4.69, 9.17) is 14.2 Å². The van der Waals surface area contributed by atoms with E-state index in [0.717, 1.165) is 0 Å². The number of esters is 1. The van der Waals surface area contributed by atoms with Crippen molar-refractivity contribution in [1.82, 2.24) is 0 Å². The minimum atomic E-state index is -0.476. The highest BCUT2D eigenvalue weighted by Crippen LogP contribution is 2.37. The predicted octanol–water partition coefficient (Wildman–Crippen LogP) is 3.10. The summed E-state index contributed by atoms with van der Waals surface area (Å²) in [5.41, 5.74) is 0.788. The zero-order valence-electron chi connectivity index (χ0n) is 13.0. The van der Waals surface area contributed by atoms with Gasteiger partial charge in [-0.2, -0.15) is 0 Å². The lowest BCUT2D eigenvalue weighted by molar-refractivity contribution is 0.0600. The molecule has 120 valence electrons. The number of rotatable bonds is 6. The summed E-state index contributed by atoms with van der Waals surface area (Å²) in [6.07, 6.45) is 0.712. The molecule has 0 saturated carbocycles. The van der Waals surface area contributed by atoms with Crippen molar-refractivity contribution in [2.45, 2.75) is 0 Å². The van der Waals surface area contributed by atoms with Crippen LogP contribution in [-0.2, 0) is 4.74 Å². The van der Waals surface area contributed by atoms with Gasteiger partial charge in [0.05, 0.1) is 26.9 Å². The minimum Gasteiger partial charge on any atom is -0.493 e. The maximum absolute atomic E-state index is 11.6. The van der Waals surface area contributed by atoms with Crippen LogP contribution >= 0.6 is 0 Å². The van der Waals surface area contributed by atoms with Crippen LogP contribution in [0.5, 0.6) is 23.0 Å². The molecule has 0 aliphatic heterocycles. The first-order chi connectivity index (χ1) is 11.1. The molecule has 6 nitrogen and oxygen atoms in total. The maximum Gasteiger partial charge on any atom is 0.337 e. The molecule has 2 aromatic rings. The molecular weight excluding hydrogens is 300 g/mol. The van der Waals surface area contributed by atoms with Crippen LogP contribution < -0.4 is 14.2 Å². The molecule has 0 unspecified atom stereocenters. The predicted molar refractivity (Wildman–Crippen MR) is 82.8 cm³/mol. The molecule has 0 amide bonds. The minimum absolute atomic E-state index is 0.338. The summed E-state index contributed by atoms with van der Waals surface area (Å²) < 4.78 is 20.9. The Morgan fingerprint density at radius 2 is 1.57 bits per heavy atom. The third-order valence-corrected chi connectivity index (χ3v) is 3.13. The Bertz CT molecular complexity index is 723. The highest BCUT2D eigenvalue weighted by molar-refractivity contribution is 5.90. The van der Waals surface area contributed by atoms with Gasteiger partial charge in [-0.3, -0.25) is 4.79 Å². The molecular formula is C17H16O6. The number of hydrogen-bond donors (Lipinski definition) is 0. The summed E-state index contributed by atoms with van der Waals surface area (Å²) in [6.45, 7) is 0. The Hall–Kier alpha value is -3.02. The lowest BCUT2D eigenvalue weighted by Gasteiger charge is -2.14. The number of ether oxygens (including phenoxy) is 4. The molecule has 0 spiro atoms. The average molecular weight is 316 g/mol. The van der Waals surface area contributed by atoms with Crippen molar-refractivity contribution >= 4 is 12.3 Å². The molecule has 0 fully saturated rings. The second-order valence-electron chi connectivity index (χ2n) is 4.49. The van der Waals surface area contributed by atoms with Crippen molar-refractivity contribution in [3.05, 3.63) is 47.5 Å². The summed E-state index contributed by atoms with van der Waals surface area (Å²) in [7, 11) is 4.26. The van der Waals surface area contributed by atoms with Crippen molar-refractivity contribution in [2.75, 3.05) is 21.3 Å². The van der Waals surface area contributed by atoms with Crippen LogP contribution in [0.15, 0.2) is 36.4 Å². The summed E-state index contributed by atoms with van der Waals surface area (Å²) in [5, 5.41) is 0. The van der Waals surface area contributed by atoms with E-state index in [9.17, 15) is 9.59 Å². The van der Waals surface area contributed by atoms with Crippen molar-refractivity contribution in [3.8, 4) is 23.0 Å². The van der Waals surface area contributed by atoms with E-state index in [1.807, 2.05) is 0 Å². The average Bonchev–Trinajstić information content (AvgIpc) is 2.61. The van der Waals surface area contributed by atoms with Crippen molar-refractivity contribution in [3.63, 3.8) is 0 Å². The monoisotopic (exact) mass is 316 g/mol. The van der Waals surface area contributed by atoms with Crippen molar-refractivity contribution in [1.29, 1.82) is 0 Å². The second-order valence-corrected chi connectivity index (χ2v) is 4.49. The molecule has 2 rings (SSSR count). The lowest BCUT2D eigenvalue weighted by atomic mass is 10.2. The fraction of sp³-hybridized carbons (Fsp3) is 0.176. The Labute approximate surface area is 133 Å². The number of methoxy groups -OCH3 is 3. The van der Waals surface area contributed by atoms with Gasteiger partial charge in [0.15, 0.2) is 23.0 Å². The molecule has 0 aliphatic carbocycles. The smallest absolute Gasteiger partial charge is 0.337 e. The quantitative estimate of drug-likeness (QED) is 0.602. The lowest BCUT2D eigenvalue weighted by Crippen LogP contribution is -2.02. The number of aldehydes is 1. The number of hydrogen-bond acceptors (Lipinski definition) is 6. The second kappa shape index (κ2) is 7.31. The van der Waals surface area contributed by atoms with Crippen LogP contribution in [0.3, 0.4) is 0 Å². The highest BCUT2D eigenvalue weighted by atomic mass is 16.5. The van der Waals surface area contributed by atoms with Crippen LogP contribution in [0.4, 0.5) is 0 Å². The molecule has 0 bridgehead atoms. The van der Waals surface area contributed by atoms with Gasteiger partial charge in [0.2, 0.25) is 0 Å². The highest BCUT2D eigenvalue weighted by Gasteiger charge is 2.14. The zero-order valence-corrected chi connectivity index (χ0v) is 13.0. The molecule has 0 atom stereocenters. The van der Waals surface area contributed by atoms with Gasteiger partial charge in [-0.1, -0.05) is 0 Å². The van der Waals surface area contributed by atoms with E-state index < -0.39 is 5.97 Å². The van der Waals surface area contributed by atoms with E-state index in [1.54, 1.807) is 30.3 Å². The van der Waals surface area contributed by atoms with Crippen LogP contribution in [0.2, 0.25) is 0 Å². The van der Waals surface area contributed by atoms with Gasteiger partial charge in [0.1, 0.15) is 6.29 Å². The third kappa shape index (κ3) is 3.60. The normalized spacial score (nSPS) is 9.87. The molecule has 2 aromatic carbocycles. The first-order valence-corrected chi connectivity index (χ1v) is 6.70. The number of carbonyl (C=O) groups excluding carboxylic acids is 2. The molecule has 23 heavy (non-hydrogen) atoms. The Morgan fingerprint density at radius 1 is 0.870 bits per heavy atom. The van der Waals surface area contributed by atoms with Crippen LogP contribution in [0, 0.1) is 0 Å². The van der Waals surface area contributed by atoms with Gasteiger partial charge >= 0.3 is 5.97 Å². The van der Waals surface area contributed by atoms with Gasteiger partial charge in [-0.15, -0.1) is 0 Å². The Balaban J connectivity index is 2.40. The van der Waals surface area contributed by atoms with Gasteiger partial charge in [-0.05, 0) is 36.4 Å². The van der Waals surface area contributed by atoms with Crippen LogP contribution in [-0.4, -0.2) is 33.6 Å². The SMILES string of the molecule is COC(=O)c1ccc(Oc2cc(C=O)ccc2OC)c(OC)c1. The number of benzene rings is 2. The fourth-order valence-electron chi connectivity index (χ4n) is 1.96. The van der Waals surface area contributed by atoms with E-state index in [0.29, 0.717) is 40.4 Å². The summed E-state index contributed by atoms with van der Waals surface area (Å²) in [4.78, 5) is 22.5. The molecule has 6 heteroatoms. The molecule has 0 N–H and O–H groups in total. The molecule has 0 aromatic heterocycles. The van der Waals surface area contributed by atoms with E-state index in [-0.39, 0.29) is 0 Å². The number of carbonyl (C=O) groups is 2. The van der Waals surface area contributed by atoms with Crippen molar-refractivity contribution < 1.29 is 28.5 Å². The maximum atomic E-state index is 11.6. The van der Waals surface area contributed by atoms with Gasteiger partial charge < -0.3 is 18.9 Å². The topological polar surface area (TPSA) is 71.1 Å². The molecule has 0 aliphatic rings. The zero-order chi connectivity index (χ0) is 16.8. The standard InChI is InChI=1S/C17H16O6/c1-20-13-6-4-11(10-18)8-16(13)23-14-7-5-12(17(19)22-3)9-15(14)21-2/h4-10H,1-3H3. The van der Waals surface area contributed by atoms with Gasteiger partial charge in [0, 0.05) is 5.56 Å². The first-order valence-electron chi connectivity index (χ1n) is 6.70. The Morgan fingerprint density at radius 3 is 2.17 bits per heavy atom. The van der Waals surface area contributed by atoms with E-state index in [2.05, 4.69) is 4.74 Å². The molecule has 0 heterocycles. The summed E-state index contributed by atoms with van der Waals surface area (Å²) >= 11 is 0. The molecule has 0 radical (unpaired) electrons. The Kier molecular flexibility index (Phi) is 5.19. The van der Waals surface area contributed by atoms with E-state index >= 15 is 0 Å². The largest absolute Gasteiger partial charge is 0.493 e. The van der Waals surface area contributed by atoms with E-state index in [1.165, 1.54) is 27.4 Å². The summed E-state index contributed by atoms with van der Waals surface area (Å²) in [6, 6.07) is 9.46. The van der Waals surface area contributed by atoms with Crippen molar-refractivity contribution in [2.24, 2.45) is 0 Å². The van der Waals surface area contributed by atoms with Crippen LogP contribution in [0.1, 0.15) is 20.7 Å². The summed E-state index contributed by atoms with van der Waals surface area (Å²) in [5.74, 6) is 1.08. The third-order valence-electron chi connectivity index (χ3n) is 3.13. The fourth-order valence-corrected chi connectivity index (χ4v) is 1.96. The van der Waals surface area contributed by atoms with Crippen LogP contribution in [0.25, 0.3) is 0 Å².